The fourth-order valence-corrected chi connectivity index (χ4v) is 1.13. The molecule has 0 bridgehead atoms. The molecule has 0 amide bonds. The first kappa shape index (κ1) is 9.93. The molecule has 1 rings (SSSR count). The van der Waals surface area contributed by atoms with E-state index in [9.17, 15) is 4.39 Å². The molecule has 0 radical (unpaired) electrons. The van der Waals surface area contributed by atoms with E-state index in [1.165, 1.54) is 12.1 Å². The van der Waals surface area contributed by atoms with Gasteiger partial charge in [0.2, 0.25) is 0 Å². The third-order valence-electron chi connectivity index (χ3n) is 1.94. The summed E-state index contributed by atoms with van der Waals surface area (Å²) in [5, 5.41) is 3.23. The summed E-state index contributed by atoms with van der Waals surface area (Å²) in [6.45, 7) is 6.42. The van der Waals surface area contributed by atoms with Crippen molar-refractivity contribution in [2.24, 2.45) is 0 Å². The van der Waals surface area contributed by atoms with Crippen molar-refractivity contribution < 1.29 is 4.39 Å². The summed E-state index contributed by atoms with van der Waals surface area (Å²) in [7, 11) is 0. The fourth-order valence-electron chi connectivity index (χ4n) is 1.13. The molecule has 1 aromatic rings. The molecule has 0 spiro atoms. The van der Waals surface area contributed by atoms with E-state index in [4.69, 9.17) is 0 Å². The van der Waals surface area contributed by atoms with Crippen molar-refractivity contribution in [1.29, 1.82) is 0 Å². The van der Waals surface area contributed by atoms with Crippen LogP contribution in [0.3, 0.4) is 0 Å². The van der Waals surface area contributed by atoms with Gasteiger partial charge in [-0.15, -0.1) is 6.58 Å². The average Bonchev–Trinajstić information content (AvgIpc) is 2.15. The van der Waals surface area contributed by atoms with Gasteiger partial charge in [-0.3, -0.25) is 0 Å². The number of hydrogen-bond acceptors (Lipinski definition) is 1. The molecule has 1 atom stereocenters. The van der Waals surface area contributed by atoms with Gasteiger partial charge >= 0.3 is 0 Å². The molecular formula is C11H14FN. The maximum atomic E-state index is 12.6. The molecule has 1 unspecified atom stereocenters. The number of nitrogens with one attached hydrogen (secondary N) is 1. The van der Waals surface area contributed by atoms with Gasteiger partial charge in [0.15, 0.2) is 0 Å². The van der Waals surface area contributed by atoms with Gasteiger partial charge in [0.25, 0.3) is 0 Å². The SMILES string of the molecule is C=CCNC(C)c1ccc(F)cc1. The topological polar surface area (TPSA) is 12.0 Å². The van der Waals surface area contributed by atoms with E-state index in [-0.39, 0.29) is 11.9 Å². The summed E-state index contributed by atoms with van der Waals surface area (Å²) < 4.78 is 12.6. The summed E-state index contributed by atoms with van der Waals surface area (Å²) in [4.78, 5) is 0. The van der Waals surface area contributed by atoms with E-state index in [1.54, 1.807) is 18.2 Å². The monoisotopic (exact) mass is 179 g/mol. The Kier molecular flexibility index (Phi) is 3.65. The molecule has 0 heterocycles. The number of halogens is 1. The van der Waals surface area contributed by atoms with Gasteiger partial charge in [-0.1, -0.05) is 18.2 Å². The summed E-state index contributed by atoms with van der Waals surface area (Å²) in [5.74, 6) is -0.195. The summed E-state index contributed by atoms with van der Waals surface area (Å²) in [6.07, 6.45) is 1.81. The van der Waals surface area contributed by atoms with E-state index in [0.29, 0.717) is 0 Å². The Hall–Kier alpha value is -1.15. The predicted molar refractivity (Wildman–Crippen MR) is 53.0 cm³/mol. The molecule has 0 aliphatic carbocycles. The van der Waals surface area contributed by atoms with Crippen LogP contribution in [-0.4, -0.2) is 6.54 Å². The third-order valence-corrected chi connectivity index (χ3v) is 1.94. The van der Waals surface area contributed by atoms with Crippen molar-refractivity contribution in [3.8, 4) is 0 Å². The van der Waals surface area contributed by atoms with Crippen LogP contribution in [0.4, 0.5) is 4.39 Å². The van der Waals surface area contributed by atoms with E-state index in [1.807, 2.05) is 6.92 Å². The van der Waals surface area contributed by atoms with Crippen LogP contribution in [-0.2, 0) is 0 Å². The lowest BCUT2D eigenvalue weighted by atomic mass is 10.1. The van der Waals surface area contributed by atoms with Crippen LogP contribution in [0.15, 0.2) is 36.9 Å². The molecule has 0 fully saturated rings. The highest BCUT2D eigenvalue weighted by molar-refractivity contribution is 5.19. The first-order valence-electron chi connectivity index (χ1n) is 4.34. The smallest absolute Gasteiger partial charge is 0.123 e. The second kappa shape index (κ2) is 4.77. The molecule has 0 saturated heterocycles. The second-order valence-electron chi connectivity index (χ2n) is 2.97. The highest BCUT2D eigenvalue weighted by Gasteiger charge is 2.02. The lowest BCUT2D eigenvalue weighted by molar-refractivity contribution is 0.606. The second-order valence-corrected chi connectivity index (χ2v) is 2.97. The van der Waals surface area contributed by atoms with Crippen molar-refractivity contribution in [3.05, 3.63) is 48.3 Å². The largest absolute Gasteiger partial charge is 0.307 e. The van der Waals surface area contributed by atoms with Gasteiger partial charge < -0.3 is 5.32 Å². The number of benzene rings is 1. The normalized spacial score (nSPS) is 12.5. The fraction of sp³-hybridized carbons (Fsp3) is 0.273. The minimum atomic E-state index is -0.195. The molecule has 2 heteroatoms. The standard InChI is InChI=1S/C11H14FN/c1-3-8-13-9(2)10-4-6-11(12)7-5-10/h3-7,9,13H,1,8H2,2H3. The molecule has 1 nitrogen and oxygen atoms in total. The summed E-state index contributed by atoms with van der Waals surface area (Å²) in [6, 6.07) is 6.76. The molecule has 13 heavy (non-hydrogen) atoms. The Bertz CT molecular complexity index is 266. The van der Waals surface area contributed by atoms with Gasteiger partial charge in [0.1, 0.15) is 5.82 Å². The maximum Gasteiger partial charge on any atom is 0.123 e. The van der Waals surface area contributed by atoms with Crippen LogP contribution in [0.2, 0.25) is 0 Å². The van der Waals surface area contributed by atoms with Gasteiger partial charge in [0.05, 0.1) is 0 Å². The van der Waals surface area contributed by atoms with Gasteiger partial charge in [-0.05, 0) is 24.6 Å². The zero-order valence-electron chi connectivity index (χ0n) is 7.76. The highest BCUT2D eigenvalue weighted by atomic mass is 19.1. The minimum Gasteiger partial charge on any atom is -0.307 e. The number of hydrogen-bond donors (Lipinski definition) is 1. The zero-order chi connectivity index (χ0) is 9.68. The average molecular weight is 179 g/mol. The lowest BCUT2D eigenvalue weighted by Gasteiger charge is -2.12. The quantitative estimate of drug-likeness (QED) is 0.701. The molecular weight excluding hydrogens is 165 g/mol. The Morgan fingerprint density at radius 1 is 1.46 bits per heavy atom. The van der Waals surface area contributed by atoms with Crippen molar-refractivity contribution in [3.63, 3.8) is 0 Å². The van der Waals surface area contributed by atoms with Crippen molar-refractivity contribution in [1.82, 2.24) is 5.32 Å². The van der Waals surface area contributed by atoms with Crippen LogP contribution in [0.5, 0.6) is 0 Å². The van der Waals surface area contributed by atoms with Crippen molar-refractivity contribution in [2.75, 3.05) is 6.54 Å². The van der Waals surface area contributed by atoms with Gasteiger partial charge in [-0.25, -0.2) is 4.39 Å². The zero-order valence-corrected chi connectivity index (χ0v) is 7.76. The first-order chi connectivity index (χ1) is 6.24. The molecule has 70 valence electrons. The maximum absolute atomic E-state index is 12.6. The molecule has 0 saturated carbocycles. The Morgan fingerprint density at radius 2 is 2.08 bits per heavy atom. The first-order valence-corrected chi connectivity index (χ1v) is 4.34. The van der Waals surface area contributed by atoms with Crippen LogP contribution in [0, 0.1) is 5.82 Å². The van der Waals surface area contributed by atoms with Crippen molar-refractivity contribution >= 4 is 0 Å². The Morgan fingerprint density at radius 3 is 2.62 bits per heavy atom. The van der Waals surface area contributed by atoms with Gasteiger partial charge in [0, 0.05) is 12.6 Å². The van der Waals surface area contributed by atoms with E-state index in [2.05, 4.69) is 11.9 Å². The van der Waals surface area contributed by atoms with Crippen LogP contribution in [0.25, 0.3) is 0 Å². The molecule has 1 N–H and O–H groups in total. The highest BCUT2D eigenvalue weighted by Crippen LogP contribution is 2.12. The van der Waals surface area contributed by atoms with E-state index >= 15 is 0 Å². The van der Waals surface area contributed by atoms with E-state index in [0.717, 1.165) is 12.1 Å². The Labute approximate surface area is 78.3 Å². The summed E-state index contributed by atoms with van der Waals surface area (Å²) in [5.41, 5.74) is 1.09. The van der Waals surface area contributed by atoms with Crippen LogP contribution < -0.4 is 5.32 Å². The Balaban J connectivity index is 2.60. The minimum absolute atomic E-state index is 0.195. The molecule has 0 aromatic heterocycles. The lowest BCUT2D eigenvalue weighted by Crippen LogP contribution is -2.18. The van der Waals surface area contributed by atoms with Crippen molar-refractivity contribution in [2.45, 2.75) is 13.0 Å². The summed E-state index contributed by atoms with van der Waals surface area (Å²) >= 11 is 0. The third kappa shape index (κ3) is 2.99. The molecule has 0 aliphatic rings. The van der Waals surface area contributed by atoms with E-state index < -0.39 is 0 Å². The van der Waals surface area contributed by atoms with Gasteiger partial charge in [-0.2, -0.15) is 0 Å². The van der Waals surface area contributed by atoms with Crippen LogP contribution >= 0.6 is 0 Å². The number of rotatable bonds is 4. The molecule has 0 aliphatic heterocycles. The van der Waals surface area contributed by atoms with Crippen LogP contribution in [0.1, 0.15) is 18.5 Å². The predicted octanol–water partition coefficient (Wildman–Crippen LogP) is 2.66. The molecule has 1 aromatic carbocycles.